The topological polar surface area (TPSA) is 48.1 Å². The Kier molecular flexibility index (Phi) is 2.38. The Labute approximate surface area is 111 Å². The summed E-state index contributed by atoms with van der Waals surface area (Å²) in [5.41, 5.74) is 1.75. The van der Waals surface area contributed by atoms with Crippen molar-refractivity contribution < 1.29 is 4.79 Å². The van der Waals surface area contributed by atoms with Crippen LogP contribution < -0.4 is 5.32 Å². The van der Waals surface area contributed by atoms with E-state index in [0.717, 1.165) is 37.1 Å². The van der Waals surface area contributed by atoms with Gasteiger partial charge in [-0.25, -0.2) is 0 Å². The quantitative estimate of drug-likeness (QED) is 0.810. The molecule has 1 amide bonds. The van der Waals surface area contributed by atoms with E-state index in [1.54, 1.807) is 0 Å². The molecule has 0 saturated carbocycles. The fraction of sp³-hybridized carbons (Fsp3) is 0.400. The Balaban J connectivity index is 1.60. The zero-order valence-electron chi connectivity index (χ0n) is 10.7. The third-order valence-electron chi connectivity index (χ3n) is 4.44. The number of H-pyrrole nitrogens is 1. The SMILES string of the molecule is O=C(c1cc2ccccc2[nH]1)N1C[C@H]2CNC[C@H]2C1. The van der Waals surface area contributed by atoms with Crippen LogP contribution in [-0.2, 0) is 0 Å². The van der Waals surface area contributed by atoms with Gasteiger partial charge in [-0.1, -0.05) is 18.2 Å². The van der Waals surface area contributed by atoms with Gasteiger partial charge < -0.3 is 15.2 Å². The van der Waals surface area contributed by atoms with E-state index >= 15 is 0 Å². The van der Waals surface area contributed by atoms with Crippen molar-refractivity contribution in [2.75, 3.05) is 26.2 Å². The van der Waals surface area contributed by atoms with Gasteiger partial charge >= 0.3 is 0 Å². The van der Waals surface area contributed by atoms with Crippen molar-refractivity contribution in [3.8, 4) is 0 Å². The molecular formula is C15H17N3O. The number of nitrogens with zero attached hydrogens (tertiary/aromatic N) is 1. The average molecular weight is 255 g/mol. The van der Waals surface area contributed by atoms with Gasteiger partial charge in [0.25, 0.3) is 5.91 Å². The van der Waals surface area contributed by atoms with Gasteiger partial charge in [0.1, 0.15) is 5.69 Å². The van der Waals surface area contributed by atoms with Crippen LogP contribution in [0.25, 0.3) is 10.9 Å². The highest BCUT2D eigenvalue weighted by Crippen LogP contribution is 2.27. The minimum absolute atomic E-state index is 0.144. The second-order valence-corrected chi connectivity index (χ2v) is 5.66. The second-order valence-electron chi connectivity index (χ2n) is 5.66. The molecule has 0 spiro atoms. The molecule has 0 aliphatic carbocycles. The lowest BCUT2D eigenvalue weighted by Gasteiger charge is -2.16. The van der Waals surface area contributed by atoms with Crippen LogP contribution in [-0.4, -0.2) is 42.0 Å². The first-order valence-corrected chi connectivity index (χ1v) is 6.89. The van der Waals surface area contributed by atoms with E-state index in [4.69, 9.17) is 0 Å². The number of hydrogen-bond donors (Lipinski definition) is 2. The molecule has 19 heavy (non-hydrogen) atoms. The maximum Gasteiger partial charge on any atom is 0.270 e. The number of aromatic amines is 1. The van der Waals surface area contributed by atoms with Crippen LogP contribution in [0.2, 0.25) is 0 Å². The van der Waals surface area contributed by atoms with E-state index in [2.05, 4.69) is 10.3 Å². The second kappa shape index (κ2) is 4.10. The summed E-state index contributed by atoms with van der Waals surface area (Å²) < 4.78 is 0. The summed E-state index contributed by atoms with van der Waals surface area (Å²) in [5, 5.41) is 4.50. The molecule has 1 aromatic carbocycles. The van der Waals surface area contributed by atoms with Crippen LogP contribution >= 0.6 is 0 Å². The molecule has 2 aliphatic heterocycles. The Morgan fingerprint density at radius 2 is 1.89 bits per heavy atom. The van der Waals surface area contributed by atoms with Crippen molar-refractivity contribution in [1.29, 1.82) is 0 Å². The fourth-order valence-corrected chi connectivity index (χ4v) is 3.38. The number of carbonyl (C=O) groups excluding carboxylic acids is 1. The number of nitrogens with one attached hydrogen (secondary N) is 2. The van der Waals surface area contributed by atoms with Gasteiger partial charge in [-0.15, -0.1) is 0 Å². The van der Waals surface area contributed by atoms with E-state index in [-0.39, 0.29) is 5.91 Å². The molecule has 98 valence electrons. The molecule has 3 heterocycles. The number of aromatic nitrogens is 1. The molecule has 2 atom stereocenters. The Bertz CT molecular complexity index is 588. The van der Waals surface area contributed by atoms with Gasteiger partial charge in [0, 0.05) is 37.1 Å². The van der Waals surface area contributed by atoms with E-state index in [1.165, 1.54) is 0 Å². The summed E-state index contributed by atoms with van der Waals surface area (Å²) in [7, 11) is 0. The maximum absolute atomic E-state index is 12.5. The molecule has 0 radical (unpaired) electrons. The van der Waals surface area contributed by atoms with Crippen molar-refractivity contribution in [2.45, 2.75) is 0 Å². The maximum atomic E-state index is 12.5. The summed E-state index contributed by atoms with van der Waals surface area (Å²) in [5.74, 6) is 1.44. The molecule has 0 bridgehead atoms. The van der Waals surface area contributed by atoms with Gasteiger partial charge in [-0.05, 0) is 24.0 Å². The molecular weight excluding hydrogens is 238 g/mol. The fourth-order valence-electron chi connectivity index (χ4n) is 3.38. The van der Waals surface area contributed by atoms with Crippen LogP contribution in [0.4, 0.5) is 0 Å². The Morgan fingerprint density at radius 1 is 1.16 bits per heavy atom. The first-order chi connectivity index (χ1) is 9.31. The Hall–Kier alpha value is -1.81. The van der Waals surface area contributed by atoms with Crippen molar-refractivity contribution >= 4 is 16.8 Å². The molecule has 0 unspecified atom stereocenters. The number of benzene rings is 1. The van der Waals surface area contributed by atoms with Crippen molar-refractivity contribution in [1.82, 2.24) is 15.2 Å². The van der Waals surface area contributed by atoms with Gasteiger partial charge in [0.05, 0.1) is 0 Å². The summed E-state index contributed by atoms with van der Waals surface area (Å²) in [6.45, 7) is 3.90. The predicted molar refractivity (Wildman–Crippen MR) is 74.1 cm³/mol. The van der Waals surface area contributed by atoms with Crippen LogP contribution in [0.1, 0.15) is 10.5 Å². The smallest absolute Gasteiger partial charge is 0.270 e. The van der Waals surface area contributed by atoms with Crippen LogP contribution in [0.3, 0.4) is 0 Å². The van der Waals surface area contributed by atoms with Gasteiger partial charge in [-0.3, -0.25) is 4.79 Å². The van der Waals surface area contributed by atoms with Crippen molar-refractivity contribution in [3.05, 3.63) is 36.0 Å². The number of fused-ring (bicyclic) bond motifs is 2. The lowest BCUT2D eigenvalue weighted by Crippen LogP contribution is -2.32. The third kappa shape index (κ3) is 1.75. The van der Waals surface area contributed by atoms with E-state index in [1.807, 2.05) is 35.2 Å². The number of amides is 1. The van der Waals surface area contributed by atoms with E-state index < -0.39 is 0 Å². The normalized spacial score (nSPS) is 26.0. The molecule has 2 saturated heterocycles. The summed E-state index contributed by atoms with van der Waals surface area (Å²) in [6.07, 6.45) is 0. The highest BCUT2D eigenvalue weighted by atomic mass is 16.2. The Morgan fingerprint density at radius 3 is 2.63 bits per heavy atom. The van der Waals surface area contributed by atoms with Crippen molar-refractivity contribution in [2.24, 2.45) is 11.8 Å². The summed E-state index contributed by atoms with van der Waals surface area (Å²) in [4.78, 5) is 17.8. The van der Waals surface area contributed by atoms with Gasteiger partial charge in [0.2, 0.25) is 0 Å². The highest BCUT2D eigenvalue weighted by molar-refractivity contribution is 5.98. The zero-order chi connectivity index (χ0) is 12.8. The minimum Gasteiger partial charge on any atom is -0.351 e. The molecule has 2 N–H and O–H groups in total. The monoisotopic (exact) mass is 255 g/mol. The molecule has 2 aliphatic rings. The summed E-state index contributed by atoms with van der Waals surface area (Å²) in [6, 6.07) is 9.99. The van der Waals surface area contributed by atoms with Gasteiger partial charge in [-0.2, -0.15) is 0 Å². The molecule has 2 aromatic rings. The predicted octanol–water partition coefficient (Wildman–Crippen LogP) is 1.46. The molecule has 4 nitrogen and oxygen atoms in total. The average Bonchev–Trinajstić information content (AvgIpc) is 3.10. The third-order valence-corrected chi connectivity index (χ3v) is 4.44. The molecule has 2 fully saturated rings. The van der Waals surface area contributed by atoms with Crippen LogP contribution in [0, 0.1) is 11.8 Å². The van der Waals surface area contributed by atoms with Crippen molar-refractivity contribution in [3.63, 3.8) is 0 Å². The first-order valence-electron chi connectivity index (χ1n) is 6.89. The molecule has 1 aromatic heterocycles. The van der Waals surface area contributed by atoms with E-state index in [0.29, 0.717) is 17.5 Å². The van der Waals surface area contributed by atoms with Crippen LogP contribution in [0.5, 0.6) is 0 Å². The highest BCUT2D eigenvalue weighted by Gasteiger charge is 2.38. The summed E-state index contributed by atoms with van der Waals surface area (Å²) >= 11 is 0. The number of carbonyl (C=O) groups is 1. The number of para-hydroxylation sites is 1. The largest absolute Gasteiger partial charge is 0.351 e. The number of hydrogen-bond acceptors (Lipinski definition) is 2. The van der Waals surface area contributed by atoms with E-state index in [9.17, 15) is 4.79 Å². The standard InChI is InChI=1S/C15H17N3O/c19-15(18-8-11-6-16-7-12(11)9-18)14-5-10-3-1-2-4-13(10)17-14/h1-5,11-12,16-17H,6-9H2/t11-,12+. The molecule has 4 rings (SSSR count). The molecule has 4 heteroatoms. The number of rotatable bonds is 1. The van der Waals surface area contributed by atoms with Gasteiger partial charge in [0.15, 0.2) is 0 Å². The number of likely N-dealkylation sites (tertiary alicyclic amines) is 1. The zero-order valence-corrected chi connectivity index (χ0v) is 10.7. The lowest BCUT2D eigenvalue weighted by molar-refractivity contribution is 0.0777. The lowest BCUT2D eigenvalue weighted by atomic mass is 10.0. The minimum atomic E-state index is 0.144. The van der Waals surface area contributed by atoms with Crippen LogP contribution in [0.15, 0.2) is 30.3 Å². The first kappa shape index (κ1) is 11.1.